The summed E-state index contributed by atoms with van der Waals surface area (Å²) in [6.45, 7) is 3.19. The predicted octanol–water partition coefficient (Wildman–Crippen LogP) is 1.15. The molecule has 0 spiro atoms. The van der Waals surface area contributed by atoms with Crippen molar-refractivity contribution in [3.8, 4) is 0 Å². The van der Waals surface area contributed by atoms with Gasteiger partial charge >= 0.3 is 0 Å². The summed E-state index contributed by atoms with van der Waals surface area (Å²) < 4.78 is 0. The van der Waals surface area contributed by atoms with Crippen LogP contribution in [-0.4, -0.2) is 25.5 Å². The maximum absolute atomic E-state index is 12.0. The molecule has 2 aliphatic carbocycles. The first-order valence-corrected chi connectivity index (χ1v) is 6.79. The van der Waals surface area contributed by atoms with E-state index in [2.05, 4.69) is 10.6 Å². The second-order valence-electron chi connectivity index (χ2n) is 5.98. The summed E-state index contributed by atoms with van der Waals surface area (Å²) in [5.74, 6) is 2.95. The largest absolute Gasteiger partial charge is 0.356 e. The molecule has 16 heavy (non-hydrogen) atoms. The van der Waals surface area contributed by atoms with E-state index in [1.54, 1.807) is 0 Å². The second-order valence-corrected chi connectivity index (χ2v) is 5.98. The Balaban J connectivity index is 1.51. The Bertz CT molecular complexity index is 263. The van der Waals surface area contributed by atoms with Gasteiger partial charge in [0, 0.05) is 12.5 Å². The summed E-state index contributed by atoms with van der Waals surface area (Å²) in [4.78, 5) is 12.0. The minimum atomic E-state index is 0.310. The monoisotopic (exact) mass is 222 g/mol. The fourth-order valence-corrected chi connectivity index (χ4v) is 3.32. The van der Waals surface area contributed by atoms with E-state index >= 15 is 0 Å². The Morgan fingerprint density at radius 2 is 1.81 bits per heavy atom. The summed E-state index contributed by atoms with van der Waals surface area (Å²) in [6, 6.07) is 0. The molecule has 3 aliphatic rings. The molecule has 1 heterocycles. The van der Waals surface area contributed by atoms with Crippen LogP contribution >= 0.6 is 0 Å². The molecule has 90 valence electrons. The summed E-state index contributed by atoms with van der Waals surface area (Å²) >= 11 is 0. The van der Waals surface area contributed by atoms with Gasteiger partial charge in [-0.25, -0.2) is 0 Å². The van der Waals surface area contributed by atoms with Crippen LogP contribution in [0.1, 0.15) is 32.1 Å². The van der Waals surface area contributed by atoms with Crippen molar-refractivity contribution in [2.24, 2.45) is 23.7 Å². The van der Waals surface area contributed by atoms with E-state index in [9.17, 15) is 4.79 Å². The van der Waals surface area contributed by atoms with E-state index in [1.807, 2.05) is 0 Å². The van der Waals surface area contributed by atoms with Gasteiger partial charge in [0.05, 0.1) is 0 Å². The van der Waals surface area contributed by atoms with Gasteiger partial charge in [0.25, 0.3) is 0 Å². The zero-order valence-electron chi connectivity index (χ0n) is 9.87. The van der Waals surface area contributed by atoms with E-state index in [4.69, 9.17) is 0 Å². The zero-order chi connectivity index (χ0) is 11.0. The highest BCUT2D eigenvalue weighted by molar-refractivity contribution is 5.78. The molecule has 3 rings (SSSR count). The first-order chi connectivity index (χ1) is 7.81. The lowest BCUT2D eigenvalue weighted by Crippen LogP contribution is -2.45. The molecule has 1 amide bonds. The van der Waals surface area contributed by atoms with Crippen molar-refractivity contribution in [2.45, 2.75) is 32.1 Å². The molecule has 3 nitrogen and oxygen atoms in total. The molecule has 1 aliphatic heterocycles. The van der Waals surface area contributed by atoms with Crippen LogP contribution in [0.25, 0.3) is 0 Å². The smallest absolute Gasteiger partial charge is 0.223 e. The third-order valence-electron chi connectivity index (χ3n) is 4.40. The first kappa shape index (κ1) is 10.6. The van der Waals surface area contributed by atoms with Gasteiger partial charge in [-0.1, -0.05) is 0 Å². The average molecular weight is 222 g/mol. The van der Waals surface area contributed by atoms with Crippen molar-refractivity contribution < 1.29 is 4.79 Å². The molecule has 3 fully saturated rings. The third kappa shape index (κ3) is 2.40. The number of fused-ring (bicyclic) bond motifs is 2. The van der Waals surface area contributed by atoms with Crippen LogP contribution in [0.3, 0.4) is 0 Å². The molecule has 3 heteroatoms. The molecule has 2 atom stereocenters. The zero-order valence-corrected chi connectivity index (χ0v) is 9.87. The van der Waals surface area contributed by atoms with Gasteiger partial charge in [0.15, 0.2) is 0 Å². The number of piperidine rings is 1. The average Bonchev–Trinajstić information content (AvgIpc) is 3.09. The van der Waals surface area contributed by atoms with Gasteiger partial charge in [-0.05, 0) is 62.9 Å². The van der Waals surface area contributed by atoms with Gasteiger partial charge in [0.1, 0.15) is 0 Å². The van der Waals surface area contributed by atoms with Gasteiger partial charge in [-0.2, -0.15) is 0 Å². The molecule has 0 radical (unpaired) electrons. The Labute approximate surface area is 97.4 Å². The molecule has 0 aromatic heterocycles. The van der Waals surface area contributed by atoms with E-state index in [1.165, 1.54) is 19.3 Å². The van der Waals surface area contributed by atoms with E-state index in [-0.39, 0.29) is 0 Å². The lowest BCUT2D eigenvalue weighted by Gasteiger charge is -2.38. The van der Waals surface area contributed by atoms with Crippen molar-refractivity contribution in [3.05, 3.63) is 0 Å². The normalized spacial score (nSPS) is 38.1. The van der Waals surface area contributed by atoms with Crippen LogP contribution in [0.2, 0.25) is 0 Å². The number of amides is 1. The first-order valence-electron chi connectivity index (χ1n) is 6.79. The van der Waals surface area contributed by atoms with Crippen LogP contribution in [0, 0.1) is 23.7 Å². The Morgan fingerprint density at radius 3 is 2.44 bits per heavy atom. The fourth-order valence-electron chi connectivity index (χ4n) is 3.32. The molecule has 1 saturated heterocycles. The van der Waals surface area contributed by atoms with E-state index in [0.717, 1.165) is 50.2 Å². The number of carbonyl (C=O) groups is 1. The van der Waals surface area contributed by atoms with Crippen molar-refractivity contribution in [1.29, 1.82) is 0 Å². The number of hydrogen-bond acceptors (Lipinski definition) is 2. The number of carbonyl (C=O) groups excluding carboxylic acids is 1. The van der Waals surface area contributed by atoms with Crippen LogP contribution < -0.4 is 10.6 Å². The van der Waals surface area contributed by atoms with Crippen LogP contribution in [-0.2, 0) is 4.79 Å². The van der Waals surface area contributed by atoms with Gasteiger partial charge < -0.3 is 10.6 Å². The number of rotatable bonds is 3. The quantitative estimate of drug-likeness (QED) is 0.752. The molecule has 0 aromatic carbocycles. The van der Waals surface area contributed by atoms with Gasteiger partial charge in [-0.3, -0.25) is 4.79 Å². The van der Waals surface area contributed by atoms with Crippen molar-refractivity contribution in [1.82, 2.24) is 10.6 Å². The SMILES string of the molecule is O=C(NCC1CC1)C1CC2CNCC(C2)C1. The summed E-state index contributed by atoms with van der Waals surface area (Å²) in [5, 5.41) is 6.62. The molecule has 2 bridgehead atoms. The molecular formula is C13H22N2O. The maximum Gasteiger partial charge on any atom is 0.223 e. The summed E-state index contributed by atoms with van der Waals surface area (Å²) in [5.41, 5.74) is 0. The Kier molecular flexibility index (Phi) is 2.88. The second kappa shape index (κ2) is 4.36. The molecule has 2 N–H and O–H groups in total. The van der Waals surface area contributed by atoms with Crippen molar-refractivity contribution >= 4 is 5.91 Å². The maximum atomic E-state index is 12.0. The van der Waals surface area contributed by atoms with E-state index < -0.39 is 0 Å². The van der Waals surface area contributed by atoms with Crippen LogP contribution in [0.5, 0.6) is 0 Å². The highest BCUT2D eigenvalue weighted by Crippen LogP contribution is 2.35. The third-order valence-corrected chi connectivity index (χ3v) is 4.40. The highest BCUT2D eigenvalue weighted by atomic mass is 16.1. The summed E-state index contributed by atoms with van der Waals surface area (Å²) in [7, 11) is 0. The standard InChI is InChI=1S/C13H22N2O/c16-13(15-8-9-1-2-9)12-4-10-3-11(5-12)7-14-6-10/h9-12,14H,1-8H2,(H,15,16). The van der Waals surface area contributed by atoms with Gasteiger partial charge in [-0.15, -0.1) is 0 Å². The Hall–Kier alpha value is -0.570. The van der Waals surface area contributed by atoms with Gasteiger partial charge in [0.2, 0.25) is 5.91 Å². The molecular weight excluding hydrogens is 200 g/mol. The topological polar surface area (TPSA) is 41.1 Å². The van der Waals surface area contributed by atoms with Crippen molar-refractivity contribution in [3.63, 3.8) is 0 Å². The molecule has 0 aromatic rings. The fraction of sp³-hybridized carbons (Fsp3) is 0.923. The number of hydrogen-bond donors (Lipinski definition) is 2. The predicted molar refractivity (Wildman–Crippen MR) is 62.9 cm³/mol. The lowest BCUT2D eigenvalue weighted by molar-refractivity contribution is -0.127. The van der Waals surface area contributed by atoms with Crippen molar-refractivity contribution in [2.75, 3.05) is 19.6 Å². The Morgan fingerprint density at radius 1 is 1.12 bits per heavy atom. The minimum absolute atomic E-state index is 0.310. The lowest BCUT2D eigenvalue weighted by atomic mass is 9.73. The molecule has 2 saturated carbocycles. The summed E-state index contributed by atoms with van der Waals surface area (Å²) in [6.07, 6.45) is 6.21. The van der Waals surface area contributed by atoms with Crippen LogP contribution in [0.15, 0.2) is 0 Å². The molecule has 2 unspecified atom stereocenters. The van der Waals surface area contributed by atoms with Crippen LogP contribution in [0.4, 0.5) is 0 Å². The highest BCUT2D eigenvalue weighted by Gasteiger charge is 2.35. The van der Waals surface area contributed by atoms with E-state index in [0.29, 0.717) is 11.8 Å². The number of nitrogens with one attached hydrogen (secondary N) is 2. The minimum Gasteiger partial charge on any atom is -0.356 e.